The third-order valence-corrected chi connectivity index (χ3v) is 5.86. The number of guanidine groups is 1. The minimum absolute atomic E-state index is 0. The van der Waals surface area contributed by atoms with Crippen LogP contribution in [0.3, 0.4) is 0 Å². The van der Waals surface area contributed by atoms with Crippen LogP contribution in [0, 0.1) is 0 Å². The number of hydrogen-bond acceptors (Lipinski definition) is 5. The number of sulfone groups is 1. The normalized spacial score (nSPS) is 16.2. The summed E-state index contributed by atoms with van der Waals surface area (Å²) < 4.78 is 28.2. The molecule has 0 bridgehead atoms. The van der Waals surface area contributed by atoms with Crippen LogP contribution >= 0.6 is 24.0 Å². The lowest BCUT2D eigenvalue weighted by molar-refractivity contribution is 0.245. The quantitative estimate of drug-likeness (QED) is 0.206. The number of hydrogen-bond donors (Lipinski definition) is 2. The standard InChI is InChI=1S/C20H34N4O3S.HI/c1-4-21-20(22-12-9-15-28(3,25)26)23-16-18(24-13-7-8-14-24)17-10-5-6-11-19(17)27-2;/h5-6,10-11,18H,4,7-9,12-16H2,1-3H3,(H2,21,22,23);1H. The Hall–Kier alpha value is -1.07. The molecular formula is C20H35IN4O3S. The average molecular weight is 538 g/mol. The molecule has 0 aliphatic carbocycles. The molecule has 166 valence electrons. The van der Waals surface area contributed by atoms with Gasteiger partial charge in [-0.15, -0.1) is 24.0 Å². The van der Waals surface area contributed by atoms with Crippen LogP contribution in [0.4, 0.5) is 0 Å². The smallest absolute Gasteiger partial charge is 0.191 e. The first-order valence-electron chi connectivity index (χ1n) is 10.0. The lowest BCUT2D eigenvalue weighted by Gasteiger charge is -2.28. The van der Waals surface area contributed by atoms with Crippen molar-refractivity contribution in [2.75, 3.05) is 51.8 Å². The fourth-order valence-corrected chi connectivity index (χ4v) is 4.13. The molecule has 1 aliphatic heterocycles. The highest BCUT2D eigenvalue weighted by Crippen LogP contribution is 2.31. The van der Waals surface area contributed by atoms with E-state index in [4.69, 9.17) is 9.73 Å². The number of methoxy groups -OCH3 is 1. The average Bonchev–Trinajstić information content (AvgIpc) is 3.19. The summed E-state index contributed by atoms with van der Waals surface area (Å²) >= 11 is 0. The zero-order valence-electron chi connectivity index (χ0n) is 17.7. The van der Waals surface area contributed by atoms with Gasteiger partial charge in [0.05, 0.1) is 25.4 Å². The summed E-state index contributed by atoms with van der Waals surface area (Å²) in [4.78, 5) is 7.26. The zero-order valence-corrected chi connectivity index (χ0v) is 20.8. The van der Waals surface area contributed by atoms with Gasteiger partial charge < -0.3 is 15.4 Å². The number of benzene rings is 1. The molecule has 0 amide bonds. The van der Waals surface area contributed by atoms with Crippen LogP contribution in [0.1, 0.15) is 37.8 Å². The second-order valence-corrected chi connectivity index (χ2v) is 9.39. The summed E-state index contributed by atoms with van der Waals surface area (Å²) in [5, 5.41) is 6.49. The number of rotatable bonds is 10. The molecule has 29 heavy (non-hydrogen) atoms. The molecule has 1 fully saturated rings. The lowest BCUT2D eigenvalue weighted by Crippen LogP contribution is -2.39. The van der Waals surface area contributed by atoms with Crippen molar-refractivity contribution in [1.82, 2.24) is 15.5 Å². The minimum Gasteiger partial charge on any atom is -0.496 e. The molecule has 9 heteroatoms. The Morgan fingerprint density at radius 1 is 1.24 bits per heavy atom. The zero-order chi connectivity index (χ0) is 20.4. The van der Waals surface area contributed by atoms with Crippen molar-refractivity contribution in [3.8, 4) is 5.75 Å². The van der Waals surface area contributed by atoms with Gasteiger partial charge in [0, 0.05) is 24.9 Å². The van der Waals surface area contributed by atoms with Crippen molar-refractivity contribution >= 4 is 39.8 Å². The van der Waals surface area contributed by atoms with Crippen molar-refractivity contribution in [2.24, 2.45) is 4.99 Å². The Balaban J connectivity index is 0.00000420. The maximum Gasteiger partial charge on any atom is 0.191 e. The second-order valence-electron chi connectivity index (χ2n) is 7.13. The Kier molecular flexibility index (Phi) is 11.9. The Morgan fingerprint density at radius 2 is 1.93 bits per heavy atom. The monoisotopic (exact) mass is 538 g/mol. The fourth-order valence-electron chi connectivity index (χ4n) is 3.47. The van der Waals surface area contributed by atoms with E-state index in [1.165, 1.54) is 19.1 Å². The molecular weight excluding hydrogens is 503 g/mol. The predicted molar refractivity (Wildman–Crippen MR) is 130 cm³/mol. The molecule has 2 rings (SSSR count). The Bertz CT molecular complexity index is 737. The first-order valence-corrected chi connectivity index (χ1v) is 12.1. The number of nitrogens with one attached hydrogen (secondary N) is 2. The van der Waals surface area contributed by atoms with E-state index >= 15 is 0 Å². The molecule has 0 aromatic heterocycles. The van der Waals surface area contributed by atoms with Crippen LogP contribution in [0.2, 0.25) is 0 Å². The van der Waals surface area contributed by atoms with Crippen LogP contribution < -0.4 is 15.4 Å². The van der Waals surface area contributed by atoms with Crippen molar-refractivity contribution in [3.63, 3.8) is 0 Å². The van der Waals surface area contributed by atoms with Crippen molar-refractivity contribution < 1.29 is 13.2 Å². The van der Waals surface area contributed by atoms with Gasteiger partial charge in [-0.25, -0.2) is 8.42 Å². The van der Waals surface area contributed by atoms with Crippen molar-refractivity contribution in [3.05, 3.63) is 29.8 Å². The van der Waals surface area contributed by atoms with E-state index in [1.807, 2.05) is 25.1 Å². The SMILES string of the molecule is CCNC(=NCC(c1ccccc1OC)N1CCCC1)NCCCS(C)(=O)=O.I. The summed E-state index contributed by atoms with van der Waals surface area (Å²) in [6, 6.07) is 8.30. The third-order valence-electron chi connectivity index (χ3n) is 4.83. The summed E-state index contributed by atoms with van der Waals surface area (Å²) in [7, 11) is -1.23. The van der Waals surface area contributed by atoms with E-state index in [2.05, 4.69) is 21.6 Å². The van der Waals surface area contributed by atoms with Gasteiger partial charge in [-0.2, -0.15) is 0 Å². The lowest BCUT2D eigenvalue weighted by atomic mass is 10.0. The third kappa shape index (κ3) is 9.08. The van der Waals surface area contributed by atoms with Gasteiger partial charge in [-0.05, 0) is 45.3 Å². The van der Waals surface area contributed by atoms with Gasteiger partial charge in [0.15, 0.2) is 5.96 Å². The maximum atomic E-state index is 11.3. The van der Waals surface area contributed by atoms with E-state index in [0.717, 1.165) is 36.9 Å². The number of ether oxygens (including phenoxy) is 1. The molecule has 1 aromatic carbocycles. The molecule has 1 aromatic rings. The van der Waals surface area contributed by atoms with Gasteiger partial charge in [0.1, 0.15) is 15.6 Å². The topological polar surface area (TPSA) is 83.0 Å². The predicted octanol–water partition coefficient (Wildman–Crippen LogP) is 2.44. The van der Waals surface area contributed by atoms with Crippen LogP contribution in [-0.4, -0.2) is 71.1 Å². The largest absolute Gasteiger partial charge is 0.496 e. The first-order chi connectivity index (χ1) is 13.4. The van der Waals surface area contributed by atoms with Crippen molar-refractivity contribution in [2.45, 2.75) is 32.2 Å². The minimum atomic E-state index is -2.94. The van der Waals surface area contributed by atoms with Gasteiger partial charge >= 0.3 is 0 Å². The molecule has 0 saturated carbocycles. The molecule has 1 atom stereocenters. The molecule has 1 saturated heterocycles. The van der Waals surface area contributed by atoms with Gasteiger partial charge in [0.25, 0.3) is 0 Å². The van der Waals surface area contributed by atoms with Crippen LogP contribution in [0.15, 0.2) is 29.3 Å². The molecule has 7 nitrogen and oxygen atoms in total. The molecule has 0 spiro atoms. The number of aliphatic imine (C=N–C) groups is 1. The molecule has 0 radical (unpaired) electrons. The first kappa shape index (κ1) is 26.0. The highest BCUT2D eigenvalue weighted by atomic mass is 127. The van der Waals surface area contributed by atoms with Crippen molar-refractivity contribution in [1.29, 1.82) is 0 Å². The van der Waals surface area contributed by atoms with Crippen LogP contribution in [-0.2, 0) is 9.84 Å². The number of halogens is 1. The highest BCUT2D eigenvalue weighted by molar-refractivity contribution is 14.0. The van der Waals surface area contributed by atoms with E-state index in [1.54, 1.807) is 7.11 Å². The van der Waals surface area contributed by atoms with E-state index in [-0.39, 0.29) is 35.8 Å². The van der Waals surface area contributed by atoms with E-state index in [0.29, 0.717) is 19.5 Å². The molecule has 2 N–H and O–H groups in total. The molecule has 1 heterocycles. The van der Waals surface area contributed by atoms with Crippen LogP contribution in [0.25, 0.3) is 0 Å². The summed E-state index contributed by atoms with van der Waals surface area (Å²) in [6.07, 6.45) is 4.24. The summed E-state index contributed by atoms with van der Waals surface area (Å²) in [5.74, 6) is 1.78. The molecule has 1 unspecified atom stereocenters. The summed E-state index contributed by atoms with van der Waals surface area (Å²) in [6.45, 7) is 6.09. The van der Waals surface area contributed by atoms with Gasteiger partial charge in [0.2, 0.25) is 0 Å². The Morgan fingerprint density at radius 3 is 2.55 bits per heavy atom. The molecule has 1 aliphatic rings. The second kappa shape index (κ2) is 13.3. The van der Waals surface area contributed by atoms with Crippen LogP contribution in [0.5, 0.6) is 5.75 Å². The van der Waals surface area contributed by atoms with E-state index < -0.39 is 9.84 Å². The fraction of sp³-hybridized carbons (Fsp3) is 0.650. The van der Waals surface area contributed by atoms with E-state index in [9.17, 15) is 8.42 Å². The van der Waals surface area contributed by atoms with Gasteiger partial charge in [-0.1, -0.05) is 18.2 Å². The summed E-state index contributed by atoms with van der Waals surface area (Å²) in [5.41, 5.74) is 1.16. The number of likely N-dealkylation sites (tertiary alicyclic amines) is 1. The maximum absolute atomic E-state index is 11.3. The Labute approximate surface area is 192 Å². The number of para-hydroxylation sites is 1. The van der Waals surface area contributed by atoms with Gasteiger partial charge in [-0.3, -0.25) is 9.89 Å². The highest BCUT2D eigenvalue weighted by Gasteiger charge is 2.25. The number of nitrogens with zero attached hydrogens (tertiary/aromatic N) is 2.